The molecule has 0 aliphatic carbocycles. The molecule has 0 radical (unpaired) electrons. The number of anilines is 1. The summed E-state index contributed by atoms with van der Waals surface area (Å²) in [6, 6.07) is 8.10. The average molecular weight is 294 g/mol. The Morgan fingerprint density at radius 3 is 2.86 bits per heavy atom. The zero-order valence-electron chi connectivity index (χ0n) is 11.5. The molecule has 1 aromatic carbocycles. The van der Waals surface area contributed by atoms with Crippen LogP contribution in [0.2, 0.25) is 0 Å². The molecule has 0 spiro atoms. The van der Waals surface area contributed by atoms with Gasteiger partial charge in [-0.05, 0) is 18.2 Å². The standard InChI is InChI=1S/C14H16F2N4O/c1-20(8-6-17)14-18-7-5-12(19-14)10-3-2-4-11(9-10)21-13(15)16/h2-5,7,9,13H,6,8,17H2,1H3. The van der Waals surface area contributed by atoms with Gasteiger partial charge in [0.05, 0.1) is 5.69 Å². The second-order valence-electron chi connectivity index (χ2n) is 4.36. The zero-order chi connectivity index (χ0) is 15.2. The van der Waals surface area contributed by atoms with Crippen LogP contribution in [0.15, 0.2) is 36.5 Å². The largest absolute Gasteiger partial charge is 0.435 e. The second kappa shape index (κ2) is 6.94. The lowest BCUT2D eigenvalue weighted by Crippen LogP contribution is -2.26. The van der Waals surface area contributed by atoms with Gasteiger partial charge in [-0.2, -0.15) is 8.78 Å². The van der Waals surface area contributed by atoms with Gasteiger partial charge in [-0.1, -0.05) is 12.1 Å². The first-order valence-corrected chi connectivity index (χ1v) is 6.39. The van der Waals surface area contributed by atoms with Crippen LogP contribution in [-0.4, -0.2) is 36.7 Å². The molecule has 0 fully saturated rings. The van der Waals surface area contributed by atoms with E-state index in [1.54, 1.807) is 24.4 Å². The summed E-state index contributed by atoms with van der Waals surface area (Å²) in [6.07, 6.45) is 1.62. The molecular formula is C14H16F2N4O. The third-order valence-electron chi connectivity index (χ3n) is 2.80. The van der Waals surface area contributed by atoms with Crippen molar-refractivity contribution in [2.45, 2.75) is 6.61 Å². The van der Waals surface area contributed by atoms with Gasteiger partial charge in [-0.25, -0.2) is 9.97 Å². The van der Waals surface area contributed by atoms with E-state index >= 15 is 0 Å². The summed E-state index contributed by atoms with van der Waals surface area (Å²) in [7, 11) is 1.84. The molecule has 0 saturated carbocycles. The molecule has 0 saturated heterocycles. The molecule has 1 heterocycles. The highest BCUT2D eigenvalue weighted by Crippen LogP contribution is 2.24. The Kier molecular flexibility index (Phi) is 4.99. The smallest absolute Gasteiger partial charge is 0.387 e. The van der Waals surface area contributed by atoms with Crippen LogP contribution in [0, 0.1) is 0 Å². The van der Waals surface area contributed by atoms with Crippen LogP contribution in [0.5, 0.6) is 5.75 Å². The van der Waals surface area contributed by atoms with Crippen molar-refractivity contribution in [3.05, 3.63) is 36.5 Å². The SMILES string of the molecule is CN(CCN)c1nccc(-c2cccc(OC(F)F)c2)n1. The van der Waals surface area contributed by atoms with Gasteiger partial charge in [0.1, 0.15) is 5.75 Å². The van der Waals surface area contributed by atoms with E-state index in [1.165, 1.54) is 12.1 Å². The predicted octanol–water partition coefficient (Wildman–Crippen LogP) is 2.14. The van der Waals surface area contributed by atoms with Crippen LogP contribution < -0.4 is 15.4 Å². The van der Waals surface area contributed by atoms with Crippen LogP contribution in [0.4, 0.5) is 14.7 Å². The molecule has 0 atom stereocenters. The summed E-state index contributed by atoms with van der Waals surface area (Å²) in [4.78, 5) is 10.4. The quantitative estimate of drug-likeness (QED) is 0.884. The molecule has 1 aromatic heterocycles. The Balaban J connectivity index is 2.27. The summed E-state index contributed by atoms with van der Waals surface area (Å²) in [5.41, 5.74) is 6.80. The lowest BCUT2D eigenvalue weighted by atomic mass is 10.1. The molecule has 2 rings (SSSR count). The number of alkyl halides is 2. The normalized spacial score (nSPS) is 10.7. The van der Waals surface area contributed by atoms with E-state index in [-0.39, 0.29) is 5.75 Å². The Bertz CT molecular complexity index is 595. The summed E-state index contributed by atoms with van der Waals surface area (Å²) in [5, 5.41) is 0. The summed E-state index contributed by atoms with van der Waals surface area (Å²) in [6.45, 7) is -1.74. The van der Waals surface area contributed by atoms with Crippen molar-refractivity contribution in [3.8, 4) is 17.0 Å². The molecule has 112 valence electrons. The molecule has 0 bridgehead atoms. The van der Waals surface area contributed by atoms with Crippen LogP contribution in [0.25, 0.3) is 11.3 Å². The highest BCUT2D eigenvalue weighted by Gasteiger charge is 2.09. The van der Waals surface area contributed by atoms with Crippen molar-refractivity contribution >= 4 is 5.95 Å². The van der Waals surface area contributed by atoms with Crippen LogP contribution in [0.1, 0.15) is 0 Å². The highest BCUT2D eigenvalue weighted by molar-refractivity contribution is 5.62. The Morgan fingerprint density at radius 1 is 1.33 bits per heavy atom. The van der Waals surface area contributed by atoms with Crippen molar-refractivity contribution in [1.29, 1.82) is 0 Å². The number of hydrogen-bond donors (Lipinski definition) is 1. The third-order valence-corrected chi connectivity index (χ3v) is 2.80. The maximum Gasteiger partial charge on any atom is 0.387 e. The minimum atomic E-state index is -2.85. The second-order valence-corrected chi connectivity index (χ2v) is 4.36. The minimum absolute atomic E-state index is 0.0953. The Labute approximate surface area is 121 Å². The van der Waals surface area contributed by atoms with Crippen molar-refractivity contribution in [2.24, 2.45) is 5.73 Å². The minimum Gasteiger partial charge on any atom is -0.435 e. The number of rotatable bonds is 6. The fourth-order valence-electron chi connectivity index (χ4n) is 1.82. The van der Waals surface area contributed by atoms with Gasteiger partial charge >= 0.3 is 6.61 Å². The van der Waals surface area contributed by atoms with Gasteiger partial charge in [0.2, 0.25) is 5.95 Å². The van der Waals surface area contributed by atoms with Gasteiger partial charge in [0.25, 0.3) is 0 Å². The number of aromatic nitrogens is 2. The van der Waals surface area contributed by atoms with E-state index < -0.39 is 6.61 Å². The first-order chi connectivity index (χ1) is 10.1. The molecular weight excluding hydrogens is 278 g/mol. The lowest BCUT2D eigenvalue weighted by molar-refractivity contribution is -0.0498. The highest BCUT2D eigenvalue weighted by atomic mass is 19.3. The third kappa shape index (κ3) is 4.09. The van der Waals surface area contributed by atoms with E-state index in [4.69, 9.17) is 5.73 Å². The summed E-state index contributed by atoms with van der Waals surface area (Å²) >= 11 is 0. The fourth-order valence-corrected chi connectivity index (χ4v) is 1.82. The van der Waals surface area contributed by atoms with E-state index in [1.807, 2.05) is 11.9 Å². The van der Waals surface area contributed by atoms with Gasteiger partial charge in [0.15, 0.2) is 0 Å². The molecule has 0 amide bonds. The number of halogens is 2. The lowest BCUT2D eigenvalue weighted by Gasteiger charge is -2.16. The predicted molar refractivity (Wildman–Crippen MR) is 76.4 cm³/mol. The van der Waals surface area contributed by atoms with Gasteiger partial charge in [0, 0.05) is 31.9 Å². The first-order valence-electron chi connectivity index (χ1n) is 6.39. The summed E-state index contributed by atoms with van der Waals surface area (Å²) in [5.74, 6) is 0.621. The monoisotopic (exact) mass is 294 g/mol. The summed E-state index contributed by atoms with van der Waals surface area (Å²) < 4.78 is 28.9. The number of ether oxygens (including phenoxy) is 1. The number of nitrogens with zero attached hydrogens (tertiary/aromatic N) is 3. The molecule has 21 heavy (non-hydrogen) atoms. The van der Waals surface area contributed by atoms with E-state index in [2.05, 4.69) is 14.7 Å². The number of hydrogen-bond acceptors (Lipinski definition) is 5. The van der Waals surface area contributed by atoms with Crippen molar-refractivity contribution < 1.29 is 13.5 Å². The maximum absolute atomic E-state index is 12.2. The van der Waals surface area contributed by atoms with E-state index in [0.717, 1.165) is 0 Å². The molecule has 2 aromatic rings. The van der Waals surface area contributed by atoms with E-state index in [0.29, 0.717) is 30.3 Å². The number of nitrogens with two attached hydrogens (primary N) is 1. The van der Waals surface area contributed by atoms with Gasteiger partial charge < -0.3 is 15.4 Å². The first kappa shape index (κ1) is 15.1. The van der Waals surface area contributed by atoms with Gasteiger partial charge in [-0.15, -0.1) is 0 Å². The topological polar surface area (TPSA) is 64.3 Å². The Hall–Kier alpha value is -2.28. The molecule has 0 unspecified atom stereocenters. The van der Waals surface area contributed by atoms with Crippen LogP contribution in [-0.2, 0) is 0 Å². The van der Waals surface area contributed by atoms with Gasteiger partial charge in [-0.3, -0.25) is 0 Å². The molecule has 5 nitrogen and oxygen atoms in total. The Morgan fingerprint density at radius 2 is 2.14 bits per heavy atom. The van der Waals surface area contributed by atoms with Crippen molar-refractivity contribution in [3.63, 3.8) is 0 Å². The zero-order valence-corrected chi connectivity index (χ0v) is 11.5. The molecule has 0 aliphatic rings. The van der Waals surface area contributed by atoms with E-state index in [9.17, 15) is 8.78 Å². The average Bonchev–Trinajstić information content (AvgIpc) is 2.47. The molecule has 7 heteroatoms. The van der Waals surface area contributed by atoms with Crippen LogP contribution in [0.3, 0.4) is 0 Å². The number of benzene rings is 1. The van der Waals surface area contributed by atoms with Crippen molar-refractivity contribution in [2.75, 3.05) is 25.0 Å². The fraction of sp³-hybridized carbons (Fsp3) is 0.286. The van der Waals surface area contributed by atoms with Crippen LogP contribution >= 0.6 is 0 Å². The number of likely N-dealkylation sites (N-methyl/N-ethyl adjacent to an activating group) is 1. The molecule has 2 N–H and O–H groups in total. The van der Waals surface area contributed by atoms with Crippen molar-refractivity contribution in [1.82, 2.24) is 9.97 Å². The maximum atomic E-state index is 12.2. The molecule has 0 aliphatic heterocycles.